The molecule has 20 heteroatoms. The number of hydrogen-bond acceptors (Lipinski definition) is 10. The predicted octanol–water partition coefficient (Wildman–Crippen LogP) is 13.5. The molecule has 268 valence electrons. The average molecular weight is 853 g/mol. The van der Waals surface area contributed by atoms with Gasteiger partial charge in [-0.3, -0.25) is 0 Å². The minimum absolute atomic E-state index is 0.147. The average Bonchev–Trinajstić information content (AvgIpc) is 3.99. The number of halogens is 10. The van der Waals surface area contributed by atoms with E-state index in [0.717, 1.165) is 42.8 Å². The number of rotatable bonds is 4. The summed E-state index contributed by atoms with van der Waals surface area (Å²) in [5.41, 5.74) is -0.704. The Bertz CT molecular complexity index is 2860. The van der Waals surface area contributed by atoms with Gasteiger partial charge in [-0.2, -0.15) is 0 Å². The lowest BCUT2D eigenvalue weighted by molar-refractivity contribution is 0.381. The number of hydrogen-bond donors (Lipinski definition) is 0. The Morgan fingerprint density at radius 3 is 1.26 bits per heavy atom. The molecule has 0 aliphatic heterocycles. The van der Waals surface area contributed by atoms with Gasteiger partial charge in [0.1, 0.15) is 19.7 Å². The maximum absolute atomic E-state index is 14.4. The van der Waals surface area contributed by atoms with E-state index >= 15 is 0 Å². The number of fused-ring (bicyclic) bond motifs is 5. The van der Waals surface area contributed by atoms with Crippen LogP contribution in [0.3, 0.4) is 0 Å². The van der Waals surface area contributed by atoms with Crippen LogP contribution >= 0.6 is 68.0 Å². The molecule has 0 unspecified atom stereocenters. The van der Waals surface area contributed by atoms with Gasteiger partial charge < -0.3 is 0 Å². The van der Waals surface area contributed by atoms with Gasteiger partial charge in [0.15, 0.2) is 56.6 Å². The topological polar surface area (TPSA) is 51.6 Å². The molecule has 6 heterocycles. The first-order chi connectivity index (χ1) is 25.8. The van der Waals surface area contributed by atoms with Gasteiger partial charge in [0, 0.05) is 4.88 Å². The van der Waals surface area contributed by atoms with Crippen molar-refractivity contribution in [1.82, 2.24) is 19.9 Å². The molecule has 0 saturated heterocycles. The molecule has 0 fully saturated rings. The Kier molecular flexibility index (Phi) is 7.51. The Hall–Kier alpha value is -4.60. The number of benzene rings is 4. The molecule has 0 saturated carbocycles. The van der Waals surface area contributed by atoms with E-state index in [9.17, 15) is 43.9 Å². The second-order valence-corrected chi connectivity index (χ2v) is 17.7. The Morgan fingerprint density at radius 2 is 0.704 bits per heavy atom. The lowest BCUT2D eigenvalue weighted by Crippen LogP contribution is -2.03. The zero-order valence-electron chi connectivity index (χ0n) is 25.5. The highest BCUT2D eigenvalue weighted by molar-refractivity contribution is 7.33. The van der Waals surface area contributed by atoms with Gasteiger partial charge in [-0.1, -0.05) is 0 Å². The van der Waals surface area contributed by atoms with Gasteiger partial charge in [-0.05, 0) is 47.2 Å². The number of thiophene rings is 2. The third-order valence-corrected chi connectivity index (χ3v) is 15.0. The lowest BCUT2D eigenvalue weighted by Gasteiger charge is -2.05. The first-order valence-electron chi connectivity index (χ1n) is 14.8. The van der Waals surface area contributed by atoms with Gasteiger partial charge >= 0.3 is 0 Å². The van der Waals surface area contributed by atoms with Crippen molar-refractivity contribution in [3.05, 3.63) is 94.6 Å². The summed E-state index contributed by atoms with van der Waals surface area (Å²) in [5, 5.41) is 3.14. The number of thiazole rings is 4. The summed E-state index contributed by atoms with van der Waals surface area (Å²) in [4.78, 5) is 19.5. The van der Waals surface area contributed by atoms with Crippen LogP contribution in [0.5, 0.6) is 0 Å². The molecule has 0 aliphatic carbocycles. The molecule has 0 bridgehead atoms. The van der Waals surface area contributed by atoms with Crippen molar-refractivity contribution in [3.63, 3.8) is 0 Å². The van der Waals surface area contributed by atoms with Gasteiger partial charge in [-0.15, -0.1) is 68.0 Å². The van der Waals surface area contributed by atoms with E-state index in [1.807, 2.05) is 24.3 Å². The van der Waals surface area contributed by atoms with Gasteiger partial charge in [0.25, 0.3) is 0 Å². The van der Waals surface area contributed by atoms with Crippen LogP contribution in [0.25, 0.3) is 91.2 Å². The van der Waals surface area contributed by atoms with Gasteiger partial charge in [0.05, 0.1) is 45.8 Å². The molecule has 0 amide bonds. The highest BCUT2D eigenvalue weighted by Gasteiger charge is 2.30. The SMILES string of the molecule is Fc1c(F)c(F)c(-c2cc3sc(-c4nc5cc6cc7sc(-c8cc9sc(-c%10c(F)c(F)c(F)c(F)c%10F)nc9s8)nc7cc6cc5s4)nc3s2)c(F)c1F. The summed E-state index contributed by atoms with van der Waals surface area (Å²) in [6.07, 6.45) is 0. The third kappa shape index (κ3) is 4.96. The molecule has 10 rings (SSSR count). The lowest BCUT2D eigenvalue weighted by atomic mass is 10.1. The predicted molar refractivity (Wildman–Crippen MR) is 194 cm³/mol. The van der Waals surface area contributed by atoms with Crippen molar-refractivity contribution in [2.24, 2.45) is 0 Å². The van der Waals surface area contributed by atoms with Crippen LogP contribution in [0.1, 0.15) is 0 Å². The molecule has 54 heavy (non-hydrogen) atoms. The highest BCUT2D eigenvalue weighted by atomic mass is 32.1. The van der Waals surface area contributed by atoms with Crippen LogP contribution in [-0.4, -0.2) is 19.9 Å². The fourth-order valence-electron chi connectivity index (χ4n) is 5.80. The highest BCUT2D eigenvalue weighted by Crippen LogP contribution is 2.46. The van der Waals surface area contributed by atoms with E-state index in [1.165, 1.54) is 51.4 Å². The summed E-state index contributed by atoms with van der Waals surface area (Å²) in [6, 6.07) is 10.8. The Morgan fingerprint density at radius 1 is 0.315 bits per heavy atom. The fourth-order valence-corrected chi connectivity index (χ4v) is 12.4. The van der Waals surface area contributed by atoms with Crippen molar-refractivity contribution < 1.29 is 43.9 Å². The van der Waals surface area contributed by atoms with E-state index in [-0.39, 0.29) is 9.88 Å². The summed E-state index contributed by atoms with van der Waals surface area (Å²) < 4.78 is 143. The summed E-state index contributed by atoms with van der Waals surface area (Å²) in [6.45, 7) is 0. The molecule has 10 aromatic rings. The third-order valence-electron chi connectivity index (χ3n) is 8.31. The van der Waals surface area contributed by atoms with Crippen molar-refractivity contribution in [2.45, 2.75) is 0 Å². The van der Waals surface area contributed by atoms with Crippen molar-refractivity contribution >= 4 is 118 Å². The number of nitrogens with zero attached hydrogens (tertiary/aromatic N) is 4. The largest absolute Gasteiger partial charge is 0.235 e. The maximum atomic E-state index is 14.4. The Balaban J connectivity index is 0.959. The zero-order valence-corrected chi connectivity index (χ0v) is 30.4. The van der Waals surface area contributed by atoms with Crippen molar-refractivity contribution in [2.75, 3.05) is 0 Å². The minimum atomic E-state index is -2.24. The first-order valence-corrected chi connectivity index (χ1v) is 19.7. The smallest absolute Gasteiger partial charge is 0.200 e. The molecule has 0 aliphatic rings. The van der Waals surface area contributed by atoms with Crippen LogP contribution in [0.2, 0.25) is 0 Å². The van der Waals surface area contributed by atoms with E-state index in [1.54, 1.807) is 6.07 Å². The molecule has 4 aromatic carbocycles. The van der Waals surface area contributed by atoms with Gasteiger partial charge in [0.2, 0.25) is 11.6 Å². The quantitative estimate of drug-likeness (QED) is 0.101. The monoisotopic (exact) mass is 852 g/mol. The summed E-state index contributed by atoms with van der Waals surface area (Å²) in [5.74, 6) is -20.3. The standard InChI is InChI=1S/C34H6F10N4S6/c35-19-17(20(36)24(40)27(43)23(19)39)13-5-14-31(51-13)48-34(54-14)33-46-10-2-8-3-11-9(1-7(8)4-12(10)50-33)45-29(49-11)15-6-16-30(52-15)47-32(53-16)18-21(37)25(41)28(44)26(42)22(18)38/h1-6H. The molecular formula is C34H6F10N4S6. The van der Waals surface area contributed by atoms with Crippen LogP contribution in [0.4, 0.5) is 43.9 Å². The van der Waals surface area contributed by atoms with E-state index in [0.29, 0.717) is 50.0 Å². The van der Waals surface area contributed by atoms with Crippen LogP contribution in [0, 0.1) is 58.2 Å². The normalized spacial score (nSPS) is 12.3. The second kappa shape index (κ2) is 11.9. The maximum Gasteiger partial charge on any atom is 0.200 e. The van der Waals surface area contributed by atoms with E-state index in [4.69, 9.17) is 9.97 Å². The number of aromatic nitrogens is 4. The fraction of sp³-hybridized carbons (Fsp3) is 0. The minimum Gasteiger partial charge on any atom is -0.235 e. The van der Waals surface area contributed by atoms with Crippen molar-refractivity contribution in [3.8, 4) is 40.9 Å². The van der Waals surface area contributed by atoms with E-state index in [2.05, 4.69) is 9.97 Å². The molecule has 0 radical (unpaired) electrons. The second-order valence-electron chi connectivity index (χ2n) is 11.5. The van der Waals surface area contributed by atoms with Crippen LogP contribution in [0.15, 0.2) is 36.4 Å². The molecule has 0 spiro atoms. The molecule has 0 N–H and O–H groups in total. The summed E-state index contributed by atoms with van der Waals surface area (Å²) >= 11 is 6.69. The summed E-state index contributed by atoms with van der Waals surface area (Å²) in [7, 11) is 0. The Labute approximate surface area is 315 Å². The molecule has 4 nitrogen and oxygen atoms in total. The molecule has 6 aromatic heterocycles. The molecular weight excluding hydrogens is 847 g/mol. The van der Waals surface area contributed by atoms with Gasteiger partial charge in [-0.25, -0.2) is 63.8 Å². The van der Waals surface area contributed by atoms with Crippen LogP contribution < -0.4 is 0 Å². The van der Waals surface area contributed by atoms with Crippen molar-refractivity contribution in [1.29, 1.82) is 0 Å². The zero-order chi connectivity index (χ0) is 37.5. The van der Waals surface area contributed by atoms with Crippen LogP contribution in [-0.2, 0) is 0 Å². The molecule has 0 atom stereocenters. The van der Waals surface area contributed by atoms with E-state index < -0.39 is 69.3 Å². The first kappa shape index (κ1) is 33.9.